The van der Waals surface area contributed by atoms with E-state index in [1.54, 1.807) is 0 Å². The molecular weight excluding hydrogens is 679 g/mol. The van der Waals surface area contributed by atoms with E-state index in [9.17, 15) is 0 Å². The molecule has 0 fully saturated rings. The molecule has 0 aliphatic heterocycles. The molecule has 0 amide bonds. The van der Waals surface area contributed by atoms with Gasteiger partial charge in [-0.15, -0.1) is 11.3 Å². The van der Waals surface area contributed by atoms with Crippen molar-refractivity contribution in [1.82, 2.24) is 15.0 Å². The van der Waals surface area contributed by atoms with Crippen LogP contribution in [0, 0.1) is 0 Å². The first-order valence-electron chi connectivity index (χ1n) is 18.3. The highest BCUT2D eigenvalue weighted by molar-refractivity contribution is 7.25. The molecule has 254 valence electrons. The largest absolute Gasteiger partial charge is 0.456 e. The number of fused-ring (bicyclic) bond motifs is 7. The highest BCUT2D eigenvalue weighted by atomic mass is 32.1. The Kier molecular flexibility index (Phi) is 7.13. The summed E-state index contributed by atoms with van der Waals surface area (Å²) in [6.45, 7) is 0. The molecule has 1 aliphatic rings. The first-order chi connectivity index (χ1) is 26.7. The molecular formula is C49H31N3OS. The average molecular weight is 710 g/mol. The number of hydrogen-bond donors (Lipinski definition) is 0. The van der Waals surface area contributed by atoms with Gasteiger partial charge in [-0.05, 0) is 69.8 Å². The predicted octanol–water partition coefficient (Wildman–Crippen LogP) is 13.4. The highest BCUT2D eigenvalue weighted by Gasteiger charge is 2.23. The summed E-state index contributed by atoms with van der Waals surface area (Å²) in [5, 5.41) is 6.98. The summed E-state index contributed by atoms with van der Waals surface area (Å²) in [5.41, 5.74) is 8.22. The third kappa shape index (κ3) is 5.16. The summed E-state index contributed by atoms with van der Waals surface area (Å²) in [6.07, 6.45) is 7.53. The Morgan fingerprint density at radius 3 is 2.09 bits per heavy atom. The lowest BCUT2D eigenvalue weighted by atomic mass is 9.92. The zero-order valence-corrected chi connectivity index (χ0v) is 29.9. The van der Waals surface area contributed by atoms with Crippen LogP contribution >= 0.6 is 11.3 Å². The maximum absolute atomic E-state index is 6.59. The van der Waals surface area contributed by atoms with E-state index in [1.807, 2.05) is 23.5 Å². The smallest absolute Gasteiger partial charge is 0.164 e. The Labute approximate surface area is 315 Å². The van der Waals surface area contributed by atoms with Crippen LogP contribution < -0.4 is 0 Å². The van der Waals surface area contributed by atoms with Crippen molar-refractivity contribution in [2.45, 2.75) is 12.3 Å². The topological polar surface area (TPSA) is 51.8 Å². The molecule has 0 saturated heterocycles. The molecule has 3 heterocycles. The van der Waals surface area contributed by atoms with Gasteiger partial charge < -0.3 is 4.42 Å². The second-order valence-corrected chi connectivity index (χ2v) is 15.0. The summed E-state index contributed by atoms with van der Waals surface area (Å²) in [5.74, 6) is 2.05. The first-order valence-corrected chi connectivity index (χ1v) is 19.1. The van der Waals surface area contributed by atoms with Gasteiger partial charge in [-0.2, -0.15) is 0 Å². The van der Waals surface area contributed by atoms with Crippen LogP contribution in [0.5, 0.6) is 0 Å². The van der Waals surface area contributed by atoms with Crippen molar-refractivity contribution in [2.75, 3.05) is 0 Å². The highest BCUT2D eigenvalue weighted by Crippen LogP contribution is 2.43. The molecule has 1 unspecified atom stereocenters. The van der Waals surface area contributed by atoms with Crippen molar-refractivity contribution in [2.24, 2.45) is 0 Å². The van der Waals surface area contributed by atoms with Crippen LogP contribution in [0.15, 0.2) is 174 Å². The van der Waals surface area contributed by atoms with Crippen LogP contribution in [0.2, 0.25) is 0 Å². The maximum atomic E-state index is 6.59. The minimum absolute atomic E-state index is 0.00214. The van der Waals surface area contributed by atoms with E-state index in [1.165, 1.54) is 36.7 Å². The second-order valence-electron chi connectivity index (χ2n) is 13.9. The zero-order chi connectivity index (χ0) is 35.6. The lowest BCUT2D eigenvalue weighted by Gasteiger charge is -2.17. The fraction of sp³-hybridized carbons (Fsp3) is 0.0408. The molecule has 0 N–H and O–H groups in total. The number of allylic oxidation sites excluding steroid dienone is 4. The van der Waals surface area contributed by atoms with Gasteiger partial charge in [0.1, 0.15) is 17.0 Å². The molecule has 4 nitrogen and oxygen atoms in total. The molecule has 1 aliphatic carbocycles. The molecule has 5 heteroatoms. The van der Waals surface area contributed by atoms with Crippen LogP contribution in [-0.2, 0) is 0 Å². The van der Waals surface area contributed by atoms with Crippen molar-refractivity contribution in [3.8, 4) is 33.9 Å². The van der Waals surface area contributed by atoms with Gasteiger partial charge in [0.05, 0.1) is 0 Å². The van der Waals surface area contributed by atoms with Gasteiger partial charge >= 0.3 is 0 Å². The third-order valence-electron chi connectivity index (χ3n) is 10.7. The van der Waals surface area contributed by atoms with Crippen LogP contribution in [0.3, 0.4) is 0 Å². The summed E-state index contributed by atoms with van der Waals surface area (Å²) in [4.78, 5) is 15.7. The fourth-order valence-corrected chi connectivity index (χ4v) is 9.12. The van der Waals surface area contributed by atoms with Crippen LogP contribution in [0.4, 0.5) is 0 Å². The maximum Gasteiger partial charge on any atom is 0.164 e. The Hall–Kier alpha value is -6.69. The first kappa shape index (κ1) is 30.9. The normalized spacial score (nSPS) is 14.4. The van der Waals surface area contributed by atoms with Crippen molar-refractivity contribution >= 4 is 69.8 Å². The monoisotopic (exact) mass is 709 g/mol. The molecule has 7 aromatic carbocycles. The quantitative estimate of drug-likeness (QED) is 0.178. The molecule has 10 aromatic rings. The standard InChI is InChI=1S/C49H31N3OS/c1-2-10-30(11-3-1)32-20-23-33(24-21-32)47-50-48(36-25-22-31-12-4-5-13-34(31)28-36)52-49(51-47)40-16-9-18-42-46(40)45-37(15-8-17-41(45)53-42)35-26-27-39-38-14-6-7-19-43(38)54-44(39)29-35/h1-23,25-29,33H,24H2. The van der Waals surface area contributed by atoms with Crippen molar-refractivity contribution in [1.29, 1.82) is 0 Å². The van der Waals surface area contributed by atoms with E-state index >= 15 is 0 Å². The minimum Gasteiger partial charge on any atom is -0.456 e. The number of furan rings is 1. The molecule has 0 radical (unpaired) electrons. The Morgan fingerprint density at radius 1 is 0.519 bits per heavy atom. The number of aromatic nitrogens is 3. The molecule has 54 heavy (non-hydrogen) atoms. The SMILES string of the molecule is C1=CC(c2nc(-c3ccc4ccccc4c3)nc(-c3cccc4oc5cccc(-c6ccc7c(c6)sc6ccccc67)c5c34)n2)CC=C1c1ccccc1. The number of benzene rings is 7. The molecule has 0 saturated carbocycles. The summed E-state index contributed by atoms with van der Waals surface area (Å²) in [6, 6.07) is 53.4. The van der Waals surface area contributed by atoms with Gasteiger partial charge in [0.15, 0.2) is 11.6 Å². The zero-order valence-electron chi connectivity index (χ0n) is 29.1. The second kappa shape index (κ2) is 12.5. The summed E-state index contributed by atoms with van der Waals surface area (Å²) < 4.78 is 9.16. The molecule has 1 atom stereocenters. The van der Waals surface area contributed by atoms with Gasteiger partial charge in [-0.3, -0.25) is 0 Å². The van der Waals surface area contributed by atoms with E-state index in [0.717, 1.165) is 61.8 Å². The lowest BCUT2D eigenvalue weighted by molar-refractivity contribution is 0.669. The number of thiophene rings is 1. The van der Waals surface area contributed by atoms with Gasteiger partial charge in [0.25, 0.3) is 0 Å². The Bertz CT molecular complexity index is 3150. The fourth-order valence-electron chi connectivity index (χ4n) is 7.98. The summed E-state index contributed by atoms with van der Waals surface area (Å²) in [7, 11) is 0. The van der Waals surface area contributed by atoms with E-state index < -0.39 is 0 Å². The predicted molar refractivity (Wildman–Crippen MR) is 225 cm³/mol. The average Bonchev–Trinajstić information content (AvgIpc) is 3.82. The number of rotatable bonds is 5. The van der Waals surface area contributed by atoms with Crippen molar-refractivity contribution in [3.63, 3.8) is 0 Å². The van der Waals surface area contributed by atoms with Gasteiger partial charge in [-0.1, -0.05) is 140 Å². The van der Waals surface area contributed by atoms with E-state index in [4.69, 9.17) is 19.4 Å². The molecule has 0 bridgehead atoms. The molecule has 11 rings (SSSR count). The van der Waals surface area contributed by atoms with Crippen LogP contribution in [0.25, 0.3) is 92.4 Å². The van der Waals surface area contributed by atoms with Crippen molar-refractivity contribution in [3.05, 3.63) is 181 Å². The van der Waals surface area contributed by atoms with Crippen LogP contribution in [-0.4, -0.2) is 15.0 Å². The summed E-state index contributed by atoms with van der Waals surface area (Å²) >= 11 is 1.84. The van der Waals surface area contributed by atoms with E-state index in [0.29, 0.717) is 11.6 Å². The van der Waals surface area contributed by atoms with Gasteiger partial charge in [-0.25, -0.2) is 15.0 Å². The van der Waals surface area contributed by atoms with Crippen LogP contribution in [0.1, 0.15) is 23.7 Å². The molecule has 0 spiro atoms. The van der Waals surface area contributed by atoms with E-state index in [-0.39, 0.29) is 5.92 Å². The number of hydrogen-bond acceptors (Lipinski definition) is 5. The Morgan fingerprint density at radius 2 is 1.24 bits per heavy atom. The lowest BCUT2D eigenvalue weighted by Crippen LogP contribution is -2.08. The number of nitrogens with zero attached hydrogens (tertiary/aromatic N) is 3. The third-order valence-corrected chi connectivity index (χ3v) is 11.8. The van der Waals surface area contributed by atoms with Gasteiger partial charge in [0.2, 0.25) is 0 Å². The van der Waals surface area contributed by atoms with Crippen molar-refractivity contribution < 1.29 is 4.42 Å². The van der Waals surface area contributed by atoms with E-state index in [2.05, 4.69) is 158 Å². The molecule has 3 aromatic heterocycles. The minimum atomic E-state index is 0.00214. The van der Waals surface area contributed by atoms with Gasteiger partial charge in [0, 0.05) is 48.0 Å². The Balaban J connectivity index is 1.10.